The molecule has 0 aliphatic carbocycles. The highest BCUT2D eigenvalue weighted by atomic mass is 32.2. The summed E-state index contributed by atoms with van der Waals surface area (Å²) < 4.78 is 10.9. The number of furan rings is 1. The van der Waals surface area contributed by atoms with Crippen LogP contribution >= 0.6 is 11.8 Å². The van der Waals surface area contributed by atoms with E-state index in [2.05, 4.69) is 20.5 Å². The Balaban J connectivity index is 1.49. The van der Waals surface area contributed by atoms with Crippen LogP contribution in [0.2, 0.25) is 0 Å². The fourth-order valence-corrected chi connectivity index (χ4v) is 4.16. The summed E-state index contributed by atoms with van der Waals surface area (Å²) in [5.41, 5.74) is 5.01. The van der Waals surface area contributed by atoms with Gasteiger partial charge in [-0.15, -0.1) is 11.8 Å². The summed E-state index contributed by atoms with van der Waals surface area (Å²) in [6.07, 6.45) is 3.29. The normalized spacial score (nSPS) is 10.8. The molecule has 0 amide bonds. The second-order valence-corrected chi connectivity index (χ2v) is 8.12. The second-order valence-electron chi connectivity index (χ2n) is 7.13. The Kier molecular flexibility index (Phi) is 7.42. The van der Waals surface area contributed by atoms with E-state index in [4.69, 9.17) is 9.15 Å². The van der Waals surface area contributed by atoms with Gasteiger partial charge < -0.3 is 9.15 Å². The van der Waals surface area contributed by atoms with Crippen molar-refractivity contribution in [3.05, 3.63) is 99.7 Å². The molecule has 0 unspecified atom stereocenters. The second kappa shape index (κ2) is 11.0. The Morgan fingerprint density at radius 1 is 1.21 bits per heavy atom. The topological polar surface area (TPSA) is 116 Å². The van der Waals surface area contributed by atoms with Crippen LogP contribution in [0.25, 0.3) is 11.3 Å². The number of methoxy groups -OCH3 is 1. The number of hydrogen-bond acceptors (Lipinski definition) is 8. The highest BCUT2D eigenvalue weighted by Crippen LogP contribution is 2.26. The van der Waals surface area contributed by atoms with Crippen molar-refractivity contribution in [3.63, 3.8) is 0 Å². The first-order valence-corrected chi connectivity index (χ1v) is 11.5. The first kappa shape index (κ1) is 22.9. The predicted molar refractivity (Wildman–Crippen MR) is 133 cm³/mol. The van der Waals surface area contributed by atoms with Crippen LogP contribution in [0.1, 0.15) is 22.5 Å². The number of hydrogen-bond donors (Lipinski definition) is 2. The molecular formula is C25H21N5O3S. The SMILES string of the molecule is COc1ccc(C=NNc2nc(-c3ccccc3)c(C#N)c(=O)[nH]2)cc1CSCc1ccco1. The third-order valence-corrected chi connectivity index (χ3v) is 5.85. The third-order valence-electron chi connectivity index (χ3n) is 4.85. The van der Waals surface area contributed by atoms with E-state index in [1.807, 2.05) is 54.6 Å². The van der Waals surface area contributed by atoms with Crippen molar-refractivity contribution in [2.45, 2.75) is 11.5 Å². The fraction of sp³-hybridized carbons (Fsp3) is 0.120. The van der Waals surface area contributed by atoms with Gasteiger partial charge in [0.1, 0.15) is 23.1 Å². The lowest BCUT2D eigenvalue weighted by atomic mass is 10.1. The molecule has 0 saturated heterocycles. The van der Waals surface area contributed by atoms with E-state index in [9.17, 15) is 10.1 Å². The summed E-state index contributed by atoms with van der Waals surface area (Å²) >= 11 is 1.72. The zero-order chi connectivity index (χ0) is 23.8. The van der Waals surface area contributed by atoms with Gasteiger partial charge in [0, 0.05) is 16.9 Å². The van der Waals surface area contributed by atoms with E-state index in [0.717, 1.165) is 34.1 Å². The van der Waals surface area contributed by atoms with Gasteiger partial charge in [-0.2, -0.15) is 10.4 Å². The molecule has 170 valence electrons. The molecular weight excluding hydrogens is 450 g/mol. The number of nitrogens with one attached hydrogen (secondary N) is 2. The van der Waals surface area contributed by atoms with E-state index in [-0.39, 0.29) is 11.5 Å². The third kappa shape index (κ3) is 5.54. The number of aromatic nitrogens is 2. The maximum Gasteiger partial charge on any atom is 0.270 e. The van der Waals surface area contributed by atoms with Gasteiger partial charge in [-0.1, -0.05) is 30.3 Å². The van der Waals surface area contributed by atoms with Gasteiger partial charge in [0.2, 0.25) is 5.95 Å². The summed E-state index contributed by atoms with van der Waals surface area (Å²) in [6.45, 7) is 0. The number of benzene rings is 2. The Bertz CT molecular complexity index is 1380. The average molecular weight is 472 g/mol. The monoisotopic (exact) mass is 471 g/mol. The first-order chi connectivity index (χ1) is 16.7. The molecule has 34 heavy (non-hydrogen) atoms. The minimum Gasteiger partial charge on any atom is -0.496 e. The predicted octanol–water partition coefficient (Wildman–Crippen LogP) is 4.79. The van der Waals surface area contributed by atoms with Crippen molar-refractivity contribution in [1.29, 1.82) is 5.26 Å². The number of H-pyrrole nitrogens is 1. The summed E-state index contributed by atoms with van der Waals surface area (Å²) in [6, 6.07) is 20.6. The molecule has 0 fully saturated rings. The molecule has 0 aliphatic rings. The Morgan fingerprint density at radius 2 is 2.06 bits per heavy atom. The molecule has 4 aromatic rings. The molecule has 0 spiro atoms. The minimum atomic E-state index is -0.533. The lowest BCUT2D eigenvalue weighted by Gasteiger charge is -2.09. The van der Waals surface area contributed by atoms with Crippen LogP contribution in [0, 0.1) is 11.3 Å². The van der Waals surface area contributed by atoms with E-state index in [1.165, 1.54) is 0 Å². The van der Waals surface area contributed by atoms with Gasteiger partial charge in [-0.25, -0.2) is 10.4 Å². The Morgan fingerprint density at radius 3 is 2.79 bits per heavy atom. The van der Waals surface area contributed by atoms with Crippen molar-refractivity contribution in [2.75, 3.05) is 12.5 Å². The highest BCUT2D eigenvalue weighted by molar-refractivity contribution is 7.97. The van der Waals surface area contributed by atoms with Crippen LogP contribution in [0.15, 0.2) is 81.2 Å². The molecule has 2 heterocycles. The van der Waals surface area contributed by atoms with Gasteiger partial charge in [0.25, 0.3) is 5.56 Å². The number of anilines is 1. The number of hydrazone groups is 1. The van der Waals surface area contributed by atoms with Gasteiger partial charge in [-0.3, -0.25) is 9.78 Å². The van der Waals surface area contributed by atoms with Crippen LogP contribution < -0.4 is 15.7 Å². The molecule has 0 saturated carbocycles. The molecule has 9 heteroatoms. The number of rotatable bonds is 9. The number of aromatic amines is 1. The molecule has 8 nitrogen and oxygen atoms in total. The van der Waals surface area contributed by atoms with E-state index < -0.39 is 5.56 Å². The molecule has 0 atom stereocenters. The van der Waals surface area contributed by atoms with Crippen LogP contribution in [0.3, 0.4) is 0 Å². The van der Waals surface area contributed by atoms with Crippen molar-refractivity contribution in [1.82, 2.24) is 9.97 Å². The van der Waals surface area contributed by atoms with Crippen molar-refractivity contribution in [2.24, 2.45) is 5.10 Å². The first-order valence-electron chi connectivity index (χ1n) is 10.3. The number of thioether (sulfide) groups is 1. The smallest absolute Gasteiger partial charge is 0.270 e. The number of nitrogens with zero attached hydrogens (tertiary/aromatic N) is 3. The maximum atomic E-state index is 12.4. The van der Waals surface area contributed by atoms with Gasteiger partial charge >= 0.3 is 0 Å². The summed E-state index contributed by atoms with van der Waals surface area (Å²) in [5.74, 6) is 3.36. The van der Waals surface area contributed by atoms with E-state index in [1.54, 1.807) is 43.5 Å². The van der Waals surface area contributed by atoms with Gasteiger partial charge in [0.15, 0.2) is 0 Å². The number of ether oxygens (including phenoxy) is 1. The van der Waals surface area contributed by atoms with Crippen LogP contribution in [-0.4, -0.2) is 23.3 Å². The van der Waals surface area contributed by atoms with Gasteiger partial charge in [0.05, 0.1) is 31.0 Å². The molecule has 2 N–H and O–H groups in total. The van der Waals surface area contributed by atoms with Gasteiger partial charge in [-0.05, 0) is 35.9 Å². The lowest BCUT2D eigenvalue weighted by molar-refractivity contribution is 0.411. The lowest BCUT2D eigenvalue weighted by Crippen LogP contribution is -2.16. The average Bonchev–Trinajstić information content (AvgIpc) is 3.38. The molecule has 0 radical (unpaired) electrons. The van der Waals surface area contributed by atoms with Crippen LogP contribution in [0.5, 0.6) is 5.75 Å². The van der Waals surface area contributed by atoms with E-state index in [0.29, 0.717) is 11.3 Å². The number of nitriles is 1. The minimum absolute atomic E-state index is 0.0485. The summed E-state index contributed by atoms with van der Waals surface area (Å²) in [7, 11) is 1.64. The zero-order valence-electron chi connectivity index (χ0n) is 18.3. The summed E-state index contributed by atoms with van der Waals surface area (Å²) in [4.78, 5) is 19.3. The van der Waals surface area contributed by atoms with Crippen LogP contribution in [0.4, 0.5) is 5.95 Å². The fourth-order valence-electron chi connectivity index (χ4n) is 3.25. The molecule has 4 rings (SSSR count). The summed E-state index contributed by atoms with van der Waals surface area (Å²) in [5, 5.41) is 13.6. The highest BCUT2D eigenvalue weighted by Gasteiger charge is 2.13. The quantitative estimate of drug-likeness (QED) is 0.266. The van der Waals surface area contributed by atoms with Crippen molar-refractivity contribution < 1.29 is 9.15 Å². The molecule has 0 aliphatic heterocycles. The van der Waals surface area contributed by atoms with E-state index >= 15 is 0 Å². The molecule has 2 aromatic heterocycles. The van der Waals surface area contributed by atoms with Crippen molar-refractivity contribution in [3.8, 4) is 23.1 Å². The zero-order valence-corrected chi connectivity index (χ0v) is 19.1. The van der Waals surface area contributed by atoms with Crippen LogP contribution in [-0.2, 0) is 11.5 Å². The molecule has 0 bridgehead atoms. The largest absolute Gasteiger partial charge is 0.496 e. The Labute approximate surface area is 200 Å². The Hall–Kier alpha value is -4.29. The standard InChI is InChI=1S/C25H21N5O3S/c1-32-22-10-9-17(12-19(22)15-34-16-20-8-5-11-33-20)14-27-30-25-28-23(18-6-3-2-4-7-18)21(13-26)24(31)29-25/h2-12,14H,15-16H2,1H3,(H2,28,29,30,31). The van der Waals surface area contributed by atoms with Crippen molar-refractivity contribution >= 4 is 23.9 Å². The maximum absolute atomic E-state index is 12.4. The molecule has 2 aromatic carbocycles.